The van der Waals surface area contributed by atoms with Crippen LogP contribution in [0.3, 0.4) is 0 Å². The van der Waals surface area contributed by atoms with Gasteiger partial charge in [0.05, 0.1) is 0 Å². The number of aliphatic hydroxyl groups is 1. The van der Waals surface area contributed by atoms with E-state index < -0.39 is 6.10 Å². The number of benzene rings is 2. The molecule has 20 heavy (non-hydrogen) atoms. The van der Waals surface area contributed by atoms with Gasteiger partial charge >= 0.3 is 0 Å². The summed E-state index contributed by atoms with van der Waals surface area (Å²) in [6.07, 6.45) is -0.666. The first kappa shape index (κ1) is 12.9. The molecular weight excluding hydrogens is 268 g/mol. The van der Waals surface area contributed by atoms with E-state index >= 15 is 0 Å². The summed E-state index contributed by atoms with van der Waals surface area (Å²) in [5.74, 6) is 1.48. The van der Waals surface area contributed by atoms with Crippen LogP contribution in [0.5, 0.6) is 11.5 Å². The maximum absolute atomic E-state index is 10.5. The minimum Gasteiger partial charge on any atom is -0.456 e. The zero-order valence-electron chi connectivity index (χ0n) is 10.8. The van der Waals surface area contributed by atoms with Gasteiger partial charge in [0, 0.05) is 16.3 Å². The molecule has 3 rings (SSSR count). The van der Waals surface area contributed by atoms with E-state index in [1.807, 2.05) is 71.4 Å². The molecule has 1 unspecified atom stereocenters. The lowest BCUT2D eigenvalue weighted by Crippen LogP contribution is -1.99. The molecule has 0 fully saturated rings. The number of rotatable bonds is 4. The molecule has 0 aliphatic rings. The lowest BCUT2D eigenvalue weighted by atomic mass is 10.0. The van der Waals surface area contributed by atoms with Crippen LogP contribution in [0, 0.1) is 0 Å². The molecule has 0 saturated carbocycles. The lowest BCUT2D eigenvalue weighted by Gasteiger charge is -2.13. The van der Waals surface area contributed by atoms with Gasteiger partial charge in [0.15, 0.2) is 0 Å². The summed E-state index contributed by atoms with van der Waals surface area (Å²) >= 11 is 1.52. The SMILES string of the molecule is OC(c1ccccc1)c1cscc1Oc1ccccc1. The van der Waals surface area contributed by atoms with Crippen molar-refractivity contribution in [3.05, 3.63) is 82.6 Å². The Bertz CT molecular complexity index is 662. The number of hydrogen-bond acceptors (Lipinski definition) is 3. The topological polar surface area (TPSA) is 29.5 Å². The largest absolute Gasteiger partial charge is 0.456 e. The van der Waals surface area contributed by atoms with Crippen LogP contribution < -0.4 is 4.74 Å². The van der Waals surface area contributed by atoms with Gasteiger partial charge in [-0.3, -0.25) is 0 Å². The summed E-state index contributed by atoms with van der Waals surface area (Å²) < 4.78 is 5.84. The zero-order valence-corrected chi connectivity index (χ0v) is 11.6. The van der Waals surface area contributed by atoms with Crippen molar-refractivity contribution >= 4 is 11.3 Å². The summed E-state index contributed by atoms with van der Waals surface area (Å²) in [5.41, 5.74) is 1.66. The molecule has 0 bridgehead atoms. The molecule has 0 aliphatic heterocycles. The highest BCUT2D eigenvalue weighted by Crippen LogP contribution is 2.35. The van der Waals surface area contributed by atoms with E-state index in [0.717, 1.165) is 16.9 Å². The van der Waals surface area contributed by atoms with Crippen LogP contribution in [-0.4, -0.2) is 5.11 Å². The number of ether oxygens (including phenoxy) is 1. The second-order valence-electron chi connectivity index (χ2n) is 4.42. The number of para-hydroxylation sites is 1. The smallest absolute Gasteiger partial charge is 0.144 e. The highest BCUT2D eigenvalue weighted by atomic mass is 32.1. The molecule has 2 nitrogen and oxygen atoms in total. The Balaban J connectivity index is 1.87. The van der Waals surface area contributed by atoms with Crippen LogP contribution >= 0.6 is 11.3 Å². The molecule has 100 valence electrons. The van der Waals surface area contributed by atoms with Crippen molar-refractivity contribution < 1.29 is 9.84 Å². The van der Waals surface area contributed by atoms with Crippen molar-refractivity contribution in [3.8, 4) is 11.5 Å². The van der Waals surface area contributed by atoms with Crippen molar-refractivity contribution in [2.45, 2.75) is 6.10 Å². The van der Waals surface area contributed by atoms with E-state index in [1.54, 1.807) is 0 Å². The number of aliphatic hydroxyl groups excluding tert-OH is 1. The average Bonchev–Trinajstić information content (AvgIpc) is 2.96. The van der Waals surface area contributed by atoms with Gasteiger partial charge in [-0.05, 0) is 17.7 Å². The summed E-state index contributed by atoms with van der Waals surface area (Å²) in [6.45, 7) is 0. The van der Waals surface area contributed by atoms with E-state index in [-0.39, 0.29) is 0 Å². The number of thiophene rings is 1. The monoisotopic (exact) mass is 282 g/mol. The van der Waals surface area contributed by atoms with E-state index in [4.69, 9.17) is 4.74 Å². The van der Waals surface area contributed by atoms with E-state index in [2.05, 4.69) is 0 Å². The maximum Gasteiger partial charge on any atom is 0.144 e. The molecule has 3 aromatic rings. The minimum absolute atomic E-state index is 0.666. The van der Waals surface area contributed by atoms with Crippen LogP contribution in [0.15, 0.2) is 71.4 Å². The van der Waals surface area contributed by atoms with Gasteiger partial charge in [-0.1, -0.05) is 48.5 Å². The quantitative estimate of drug-likeness (QED) is 0.756. The summed E-state index contributed by atoms with van der Waals surface area (Å²) in [5, 5.41) is 14.3. The Labute approximate surface area is 121 Å². The molecule has 0 saturated heterocycles. The molecule has 0 radical (unpaired) electrons. The van der Waals surface area contributed by atoms with Crippen LogP contribution in [0.4, 0.5) is 0 Å². The molecule has 1 atom stereocenters. The highest BCUT2D eigenvalue weighted by molar-refractivity contribution is 7.08. The van der Waals surface area contributed by atoms with Gasteiger partial charge in [-0.15, -0.1) is 11.3 Å². The molecule has 1 heterocycles. The average molecular weight is 282 g/mol. The van der Waals surface area contributed by atoms with Crippen molar-refractivity contribution in [1.82, 2.24) is 0 Å². The Kier molecular flexibility index (Phi) is 3.81. The van der Waals surface area contributed by atoms with Gasteiger partial charge in [0.2, 0.25) is 0 Å². The third kappa shape index (κ3) is 2.74. The summed E-state index contributed by atoms with van der Waals surface area (Å²) in [4.78, 5) is 0. The van der Waals surface area contributed by atoms with E-state index in [1.165, 1.54) is 11.3 Å². The third-order valence-electron chi connectivity index (χ3n) is 3.04. The van der Waals surface area contributed by atoms with E-state index in [0.29, 0.717) is 5.75 Å². The van der Waals surface area contributed by atoms with Crippen LogP contribution in [0.1, 0.15) is 17.2 Å². The van der Waals surface area contributed by atoms with Gasteiger partial charge in [0.25, 0.3) is 0 Å². The normalized spacial score (nSPS) is 12.1. The molecule has 3 heteroatoms. The van der Waals surface area contributed by atoms with Crippen LogP contribution in [-0.2, 0) is 0 Å². The van der Waals surface area contributed by atoms with Crippen molar-refractivity contribution in [2.75, 3.05) is 0 Å². The molecule has 0 amide bonds. The maximum atomic E-state index is 10.5. The van der Waals surface area contributed by atoms with Gasteiger partial charge in [-0.25, -0.2) is 0 Å². The third-order valence-corrected chi connectivity index (χ3v) is 3.78. The molecule has 0 aliphatic carbocycles. The van der Waals surface area contributed by atoms with Crippen molar-refractivity contribution in [3.63, 3.8) is 0 Å². The van der Waals surface area contributed by atoms with Gasteiger partial charge in [-0.2, -0.15) is 0 Å². The van der Waals surface area contributed by atoms with Crippen LogP contribution in [0.2, 0.25) is 0 Å². The van der Waals surface area contributed by atoms with Gasteiger partial charge < -0.3 is 9.84 Å². The van der Waals surface area contributed by atoms with Crippen LogP contribution in [0.25, 0.3) is 0 Å². The minimum atomic E-state index is -0.666. The summed E-state index contributed by atoms with van der Waals surface area (Å²) in [7, 11) is 0. The first-order valence-corrected chi connectivity index (χ1v) is 7.31. The fourth-order valence-corrected chi connectivity index (χ4v) is 2.78. The van der Waals surface area contributed by atoms with Gasteiger partial charge in [0.1, 0.15) is 17.6 Å². The van der Waals surface area contributed by atoms with E-state index in [9.17, 15) is 5.11 Å². The molecule has 0 spiro atoms. The fraction of sp³-hybridized carbons (Fsp3) is 0.0588. The Hall–Kier alpha value is -2.10. The van der Waals surface area contributed by atoms with Crippen molar-refractivity contribution in [1.29, 1.82) is 0 Å². The Morgan fingerprint density at radius 1 is 0.850 bits per heavy atom. The highest BCUT2D eigenvalue weighted by Gasteiger charge is 2.16. The fourth-order valence-electron chi connectivity index (χ4n) is 2.01. The summed E-state index contributed by atoms with van der Waals surface area (Å²) in [6, 6.07) is 19.2. The molecule has 1 N–H and O–H groups in total. The predicted molar refractivity (Wildman–Crippen MR) is 81.3 cm³/mol. The molecule has 1 aromatic heterocycles. The van der Waals surface area contributed by atoms with Crippen molar-refractivity contribution in [2.24, 2.45) is 0 Å². The zero-order chi connectivity index (χ0) is 13.8. The Morgan fingerprint density at radius 3 is 2.20 bits per heavy atom. The second kappa shape index (κ2) is 5.90. The number of hydrogen-bond donors (Lipinski definition) is 1. The lowest BCUT2D eigenvalue weighted by molar-refractivity contribution is 0.217. The second-order valence-corrected chi connectivity index (χ2v) is 5.16. The standard InChI is InChI=1S/C17H14O2S/c18-17(13-7-3-1-4-8-13)15-11-20-12-16(15)19-14-9-5-2-6-10-14/h1-12,17-18H. The molecular formula is C17H14O2S. The first-order chi connectivity index (χ1) is 9.84. The molecule has 2 aromatic carbocycles. The predicted octanol–water partition coefficient (Wildman–Crippen LogP) is 4.62. The Morgan fingerprint density at radius 2 is 1.50 bits per heavy atom. The first-order valence-electron chi connectivity index (χ1n) is 6.36.